The molecule has 24 heavy (non-hydrogen) atoms. The highest BCUT2D eigenvalue weighted by Gasteiger charge is 2.17. The Morgan fingerprint density at radius 2 is 2.17 bits per heavy atom. The average molecular weight is 317 g/mol. The minimum atomic E-state index is -0.205. The lowest BCUT2D eigenvalue weighted by atomic mass is 10.1. The minimum absolute atomic E-state index is 0.205. The van der Waals surface area contributed by atoms with Crippen LogP contribution in [0.4, 0.5) is 11.4 Å². The zero-order chi connectivity index (χ0) is 16.9. The van der Waals surface area contributed by atoms with Crippen molar-refractivity contribution in [3.8, 4) is 6.07 Å². The van der Waals surface area contributed by atoms with E-state index in [0.29, 0.717) is 5.56 Å². The van der Waals surface area contributed by atoms with Crippen LogP contribution in [0.15, 0.2) is 48.5 Å². The van der Waals surface area contributed by atoms with Gasteiger partial charge in [0.25, 0.3) is 0 Å². The number of fused-ring (bicyclic) bond motifs is 1. The first kappa shape index (κ1) is 15.8. The zero-order valence-corrected chi connectivity index (χ0v) is 13.6. The van der Waals surface area contributed by atoms with Gasteiger partial charge in [0.15, 0.2) is 0 Å². The Kier molecular flexibility index (Phi) is 4.62. The van der Waals surface area contributed by atoms with Crippen LogP contribution in [0.1, 0.15) is 23.6 Å². The molecule has 0 atom stereocenters. The normalized spacial score (nSPS) is 12.9. The van der Waals surface area contributed by atoms with Gasteiger partial charge in [-0.25, -0.2) is 0 Å². The Labute approximate surface area is 142 Å². The summed E-state index contributed by atoms with van der Waals surface area (Å²) in [5, 5.41) is 12.0. The molecule has 1 heterocycles. The van der Waals surface area contributed by atoms with Crippen LogP contribution in [-0.2, 0) is 11.2 Å². The third-order valence-electron chi connectivity index (χ3n) is 4.22. The molecule has 1 aliphatic heterocycles. The topological polar surface area (TPSA) is 56.1 Å². The average Bonchev–Trinajstić information content (AvgIpc) is 3.02. The molecule has 0 aromatic heterocycles. The van der Waals surface area contributed by atoms with Crippen LogP contribution in [0.3, 0.4) is 0 Å². The Hall–Kier alpha value is -3.06. The molecule has 1 N–H and O–H groups in total. The van der Waals surface area contributed by atoms with Gasteiger partial charge >= 0.3 is 0 Å². The number of hydrogen-bond donors (Lipinski definition) is 1. The number of rotatable bonds is 4. The lowest BCUT2D eigenvalue weighted by Gasteiger charge is -2.17. The standard InChI is InChI=1S/C20H19N3O/c1-2-23-12-11-16-7-9-18(13-19(16)23)22-20(24)10-8-15-5-3-4-6-17(15)14-21/h3-10,13H,2,11-12H2,1H3,(H,22,24)/b10-8+. The predicted octanol–water partition coefficient (Wildman–Crippen LogP) is 3.59. The van der Waals surface area contributed by atoms with Crippen molar-refractivity contribution < 1.29 is 4.79 Å². The lowest BCUT2D eigenvalue weighted by molar-refractivity contribution is -0.111. The fourth-order valence-electron chi connectivity index (χ4n) is 2.95. The first-order valence-corrected chi connectivity index (χ1v) is 8.07. The van der Waals surface area contributed by atoms with Crippen molar-refractivity contribution in [3.63, 3.8) is 0 Å². The molecule has 2 aromatic rings. The minimum Gasteiger partial charge on any atom is -0.371 e. The predicted molar refractivity (Wildman–Crippen MR) is 96.9 cm³/mol. The van der Waals surface area contributed by atoms with Gasteiger partial charge < -0.3 is 10.2 Å². The second kappa shape index (κ2) is 7.01. The molecule has 0 saturated carbocycles. The van der Waals surface area contributed by atoms with E-state index in [1.807, 2.05) is 24.3 Å². The van der Waals surface area contributed by atoms with Crippen molar-refractivity contribution in [3.05, 3.63) is 65.2 Å². The number of nitrogens with one attached hydrogen (secondary N) is 1. The summed E-state index contributed by atoms with van der Waals surface area (Å²) in [6, 6.07) is 15.4. The summed E-state index contributed by atoms with van der Waals surface area (Å²) in [5.74, 6) is -0.205. The molecule has 0 fully saturated rings. The molecule has 1 aliphatic rings. The molecule has 0 saturated heterocycles. The van der Waals surface area contributed by atoms with Crippen LogP contribution in [0.25, 0.3) is 6.08 Å². The van der Waals surface area contributed by atoms with Crippen LogP contribution in [0.5, 0.6) is 0 Å². The van der Waals surface area contributed by atoms with E-state index >= 15 is 0 Å². The highest BCUT2D eigenvalue weighted by molar-refractivity contribution is 6.02. The smallest absolute Gasteiger partial charge is 0.248 e. The van der Waals surface area contributed by atoms with Crippen molar-refractivity contribution in [2.24, 2.45) is 0 Å². The van der Waals surface area contributed by atoms with E-state index in [9.17, 15) is 4.79 Å². The van der Waals surface area contributed by atoms with Crippen molar-refractivity contribution in [1.29, 1.82) is 5.26 Å². The molecule has 0 radical (unpaired) electrons. The van der Waals surface area contributed by atoms with Gasteiger partial charge in [-0.05, 0) is 48.7 Å². The number of carbonyl (C=O) groups excluding carboxylic acids is 1. The Morgan fingerprint density at radius 1 is 1.33 bits per heavy atom. The fraction of sp³-hybridized carbons (Fsp3) is 0.200. The first-order chi connectivity index (χ1) is 11.7. The number of hydrogen-bond acceptors (Lipinski definition) is 3. The molecule has 0 bridgehead atoms. The van der Waals surface area contributed by atoms with E-state index in [0.717, 1.165) is 30.8 Å². The van der Waals surface area contributed by atoms with E-state index in [1.54, 1.807) is 18.2 Å². The summed E-state index contributed by atoms with van der Waals surface area (Å²) in [6.07, 6.45) is 4.18. The molecule has 3 rings (SSSR count). The number of benzene rings is 2. The van der Waals surface area contributed by atoms with Gasteiger partial charge in [-0.2, -0.15) is 5.26 Å². The monoisotopic (exact) mass is 317 g/mol. The number of nitriles is 1. The molecule has 2 aromatic carbocycles. The van der Waals surface area contributed by atoms with Gasteiger partial charge in [0.05, 0.1) is 11.6 Å². The van der Waals surface area contributed by atoms with Gasteiger partial charge in [0.1, 0.15) is 0 Å². The molecule has 0 unspecified atom stereocenters. The number of anilines is 2. The van der Waals surface area contributed by atoms with Crippen molar-refractivity contribution in [1.82, 2.24) is 0 Å². The second-order valence-electron chi connectivity index (χ2n) is 5.69. The van der Waals surface area contributed by atoms with E-state index < -0.39 is 0 Å². The summed E-state index contributed by atoms with van der Waals surface area (Å²) < 4.78 is 0. The molecule has 4 nitrogen and oxygen atoms in total. The second-order valence-corrected chi connectivity index (χ2v) is 5.69. The third kappa shape index (κ3) is 3.31. The van der Waals surface area contributed by atoms with Gasteiger partial charge in [-0.1, -0.05) is 24.3 Å². The van der Waals surface area contributed by atoms with Crippen molar-refractivity contribution >= 4 is 23.4 Å². The van der Waals surface area contributed by atoms with E-state index in [-0.39, 0.29) is 5.91 Å². The highest BCUT2D eigenvalue weighted by atomic mass is 16.1. The maximum Gasteiger partial charge on any atom is 0.248 e. The van der Waals surface area contributed by atoms with E-state index in [4.69, 9.17) is 5.26 Å². The molecular formula is C20H19N3O. The number of amides is 1. The summed E-state index contributed by atoms with van der Waals surface area (Å²) >= 11 is 0. The lowest BCUT2D eigenvalue weighted by Crippen LogP contribution is -2.19. The zero-order valence-electron chi connectivity index (χ0n) is 13.6. The summed E-state index contributed by atoms with van der Waals surface area (Å²) in [4.78, 5) is 14.5. The van der Waals surface area contributed by atoms with Crippen molar-refractivity contribution in [2.45, 2.75) is 13.3 Å². The summed E-state index contributed by atoms with van der Waals surface area (Å²) in [5.41, 5.74) is 4.61. The summed E-state index contributed by atoms with van der Waals surface area (Å²) in [7, 11) is 0. The third-order valence-corrected chi connectivity index (χ3v) is 4.22. The van der Waals surface area contributed by atoms with E-state index in [1.165, 1.54) is 17.3 Å². The Bertz CT molecular complexity index is 833. The van der Waals surface area contributed by atoms with Crippen LogP contribution in [0.2, 0.25) is 0 Å². The number of nitrogens with zero attached hydrogens (tertiary/aromatic N) is 2. The quantitative estimate of drug-likeness (QED) is 0.877. The first-order valence-electron chi connectivity index (χ1n) is 8.07. The maximum atomic E-state index is 12.1. The molecule has 0 spiro atoms. The van der Waals surface area contributed by atoms with Crippen LogP contribution in [0, 0.1) is 11.3 Å². The van der Waals surface area contributed by atoms with Crippen LogP contribution in [-0.4, -0.2) is 19.0 Å². The van der Waals surface area contributed by atoms with Crippen molar-refractivity contribution in [2.75, 3.05) is 23.3 Å². The SMILES string of the molecule is CCN1CCc2ccc(NC(=O)/C=C/c3ccccc3C#N)cc21. The molecular weight excluding hydrogens is 298 g/mol. The highest BCUT2D eigenvalue weighted by Crippen LogP contribution is 2.30. The van der Waals surface area contributed by atoms with Gasteiger partial charge in [-0.15, -0.1) is 0 Å². The maximum absolute atomic E-state index is 12.1. The van der Waals surface area contributed by atoms with Gasteiger partial charge in [0.2, 0.25) is 5.91 Å². The van der Waals surface area contributed by atoms with Gasteiger partial charge in [0, 0.05) is 30.5 Å². The summed E-state index contributed by atoms with van der Waals surface area (Å²) in [6.45, 7) is 4.14. The molecule has 4 heteroatoms. The fourth-order valence-corrected chi connectivity index (χ4v) is 2.95. The number of carbonyl (C=O) groups is 1. The molecule has 120 valence electrons. The Balaban J connectivity index is 1.72. The Morgan fingerprint density at radius 3 is 2.96 bits per heavy atom. The van der Waals surface area contributed by atoms with E-state index in [2.05, 4.69) is 29.3 Å². The van der Waals surface area contributed by atoms with Crippen LogP contribution < -0.4 is 10.2 Å². The largest absolute Gasteiger partial charge is 0.371 e. The van der Waals surface area contributed by atoms with Gasteiger partial charge in [-0.3, -0.25) is 4.79 Å². The van der Waals surface area contributed by atoms with Crippen LogP contribution >= 0.6 is 0 Å². The molecule has 0 aliphatic carbocycles. The number of likely N-dealkylation sites (N-methyl/N-ethyl adjacent to an activating group) is 1. The molecule has 1 amide bonds.